The molecule has 1 fully saturated rings. The van der Waals surface area contributed by atoms with Gasteiger partial charge < -0.3 is 5.32 Å². The van der Waals surface area contributed by atoms with E-state index in [1.165, 1.54) is 0 Å². The van der Waals surface area contributed by atoms with Crippen LogP contribution in [0, 0.1) is 0 Å². The van der Waals surface area contributed by atoms with Gasteiger partial charge in [-0.15, -0.1) is 0 Å². The van der Waals surface area contributed by atoms with E-state index >= 15 is 0 Å². The molecule has 0 bridgehead atoms. The van der Waals surface area contributed by atoms with Gasteiger partial charge in [0.1, 0.15) is 0 Å². The van der Waals surface area contributed by atoms with Crippen molar-refractivity contribution in [3.8, 4) is 0 Å². The Hall–Kier alpha value is -1.94. The molecule has 114 valence electrons. The van der Waals surface area contributed by atoms with Crippen LogP contribution in [-0.2, 0) is 21.0 Å². The molecule has 0 spiro atoms. The molecule has 0 heterocycles. The number of benzene rings is 2. The summed E-state index contributed by atoms with van der Waals surface area (Å²) in [5.74, 6) is 0.0315. The molecule has 0 aromatic heterocycles. The molecule has 1 N–H and O–H groups in total. The molecule has 0 radical (unpaired) electrons. The van der Waals surface area contributed by atoms with Gasteiger partial charge in [-0.1, -0.05) is 42.8 Å². The number of anilines is 1. The van der Waals surface area contributed by atoms with Gasteiger partial charge in [-0.05, 0) is 36.6 Å². The van der Waals surface area contributed by atoms with Gasteiger partial charge in [-0.25, -0.2) is 0 Å². The van der Waals surface area contributed by atoms with Crippen LogP contribution in [-0.4, -0.2) is 16.4 Å². The third kappa shape index (κ3) is 2.71. The number of hydrogen-bond acceptors (Lipinski definition) is 2. The van der Waals surface area contributed by atoms with Crippen molar-refractivity contribution < 1.29 is 9.00 Å². The van der Waals surface area contributed by atoms with E-state index in [1.54, 1.807) is 12.3 Å². The lowest BCUT2D eigenvalue weighted by Crippen LogP contribution is -2.45. The van der Waals surface area contributed by atoms with Gasteiger partial charge in [-0.2, -0.15) is 0 Å². The molecule has 1 saturated carbocycles. The van der Waals surface area contributed by atoms with Crippen LogP contribution in [0.5, 0.6) is 0 Å². The van der Waals surface area contributed by atoms with Crippen molar-refractivity contribution >= 4 is 22.4 Å². The molecule has 1 aliphatic carbocycles. The summed E-state index contributed by atoms with van der Waals surface area (Å²) in [5.41, 5.74) is 1.37. The second-order valence-corrected chi connectivity index (χ2v) is 7.12. The molecule has 3 rings (SSSR count). The molecule has 1 aliphatic rings. The fraction of sp³-hybridized carbons (Fsp3) is 0.278. The Labute approximate surface area is 133 Å². The average Bonchev–Trinajstić information content (AvgIpc) is 2.47. The Kier molecular flexibility index (Phi) is 4.12. The number of nitrogens with one attached hydrogen (secondary N) is 1. The van der Waals surface area contributed by atoms with Crippen molar-refractivity contribution in [2.24, 2.45) is 0 Å². The summed E-state index contributed by atoms with van der Waals surface area (Å²) in [6.07, 6.45) is 4.46. The first-order valence-electron chi connectivity index (χ1n) is 7.42. The minimum absolute atomic E-state index is 0.0315. The standard InChI is InChI=1S/C18H19NO2S/c1-22(21)16-10-5-9-15(13-16)19-17(20)18(11-6-12-18)14-7-3-2-4-8-14/h2-5,7-10,13H,6,11-12H2,1H3,(H,19,20)/t22-/m0/s1. The molecule has 4 heteroatoms. The van der Waals surface area contributed by atoms with Crippen molar-refractivity contribution in [2.45, 2.75) is 29.6 Å². The summed E-state index contributed by atoms with van der Waals surface area (Å²) in [6.45, 7) is 0. The van der Waals surface area contributed by atoms with E-state index < -0.39 is 16.2 Å². The zero-order chi connectivity index (χ0) is 15.6. The molecular formula is C18H19NO2S. The Balaban J connectivity index is 1.84. The van der Waals surface area contributed by atoms with Gasteiger partial charge in [0, 0.05) is 27.6 Å². The van der Waals surface area contributed by atoms with Gasteiger partial charge in [0.2, 0.25) is 5.91 Å². The Morgan fingerprint density at radius 3 is 2.41 bits per heavy atom. The van der Waals surface area contributed by atoms with Gasteiger partial charge in [0.25, 0.3) is 0 Å². The third-order valence-corrected chi connectivity index (χ3v) is 5.31. The lowest BCUT2D eigenvalue weighted by atomic mass is 9.64. The maximum atomic E-state index is 12.8. The minimum atomic E-state index is -1.05. The number of carbonyl (C=O) groups excluding carboxylic acids is 1. The van der Waals surface area contributed by atoms with Crippen LogP contribution in [0.3, 0.4) is 0 Å². The van der Waals surface area contributed by atoms with Crippen LogP contribution in [0.15, 0.2) is 59.5 Å². The van der Waals surface area contributed by atoms with E-state index in [9.17, 15) is 9.00 Å². The van der Waals surface area contributed by atoms with Crippen LogP contribution in [0.2, 0.25) is 0 Å². The highest BCUT2D eigenvalue weighted by molar-refractivity contribution is 7.84. The number of rotatable bonds is 4. The number of hydrogen-bond donors (Lipinski definition) is 1. The molecule has 2 aromatic rings. The summed E-state index contributed by atoms with van der Waals surface area (Å²) < 4.78 is 11.6. The quantitative estimate of drug-likeness (QED) is 0.939. The van der Waals surface area contributed by atoms with Gasteiger partial charge in [-0.3, -0.25) is 9.00 Å². The summed E-state index contributed by atoms with van der Waals surface area (Å²) in [5, 5.41) is 3.01. The van der Waals surface area contributed by atoms with Crippen LogP contribution in [0.1, 0.15) is 24.8 Å². The largest absolute Gasteiger partial charge is 0.325 e. The Morgan fingerprint density at radius 2 is 1.82 bits per heavy atom. The number of carbonyl (C=O) groups is 1. The van der Waals surface area contributed by atoms with Crippen molar-refractivity contribution in [3.05, 3.63) is 60.2 Å². The zero-order valence-corrected chi connectivity index (χ0v) is 13.4. The Morgan fingerprint density at radius 1 is 1.09 bits per heavy atom. The van der Waals surface area contributed by atoms with Gasteiger partial charge >= 0.3 is 0 Å². The smallest absolute Gasteiger partial charge is 0.235 e. The molecule has 1 atom stereocenters. The third-order valence-electron chi connectivity index (χ3n) is 4.39. The van der Waals surface area contributed by atoms with Gasteiger partial charge in [0.05, 0.1) is 5.41 Å². The second kappa shape index (κ2) is 6.05. The summed E-state index contributed by atoms with van der Waals surface area (Å²) in [6, 6.07) is 17.2. The van der Waals surface area contributed by atoms with Crippen LogP contribution < -0.4 is 5.32 Å². The SMILES string of the molecule is C[S@](=O)c1cccc(NC(=O)C2(c3ccccc3)CCC2)c1. The highest BCUT2D eigenvalue weighted by atomic mass is 32.2. The highest BCUT2D eigenvalue weighted by Gasteiger charge is 2.45. The lowest BCUT2D eigenvalue weighted by molar-refractivity contribution is -0.124. The molecular weight excluding hydrogens is 294 g/mol. The fourth-order valence-electron chi connectivity index (χ4n) is 2.94. The van der Waals surface area contributed by atoms with E-state index in [-0.39, 0.29) is 5.91 Å². The molecule has 0 unspecified atom stereocenters. The average molecular weight is 313 g/mol. The van der Waals surface area contributed by atoms with E-state index in [4.69, 9.17) is 0 Å². The van der Waals surface area contributed by atoms with Crippen molar-refractivity contribution in [1.29, 1.82) is 0 Å². The molecule has 0 aliphatic heterocycles. The van der Waals surface area contributed by atoms with Crippen molar-refractivity contribution in [3.63, 3.8) is 0 Å². The maximum Gasteiger partial charge on any atom is 0.235 e. The first kappa shape index (κ1) is 15.0. The van der Waals surface area contributed by atoms with E-state index in [2.05, 4.69) is 5.32 Å². The molecule has 2 aromatic carbocycles. The first-order valence-corrected chi connectivity index (χ1v) is 8.98. The normalized spacial score (nSPS) is 17.3. The lowest BCUT2D eigenvalue weighted by Gasteiger charge is -2.40. The second-order valence-electron chi connectivity index (χ2n) is 5.74. The van der Waals surface area contributed by atoms with E-state index in [0.29, 0.717) is 5.69 Å². The maximum absolute atomic E-state index is 12.8. The predicted molar refractivity (Wildman–Crippen MR) is 89.4 cm³/mol. The highest BCUT2D eigenvalue weighted by Crippen LogP contribution is 2.44. The van der Waals surface area contributed by atoms with Crippen molar-refractivity contribution in [2.75, 3.05) is 11.6 Å². The Bertz CT molecular complexity index is 708. The fourth-order valence-corrected chi connectivity index (χ4v) is 3.50. The summed E-state index contributed by atoms with van der Waals surface area (Å²) in [7, 11) is -1.05. The monoisotopic (exact) mass is 313 g/mol. The number of amides is 1. The topological polar surface area (TPSA) is 46.2 Å². The minimum Gasteiger partial charge on any atom is -0.325 e. The molecule has 3 nitrogen and oxygen atoms in total. The summed E-state index contributed by atoms with van der Waals surface area (Å²) in [4.78, 5) is 13.5. The van der Waals surface area contributed by atoms with Crippen LogP contribution in [0.4, 0.5) is 5.69 Å². The van der Waals surface area contributed by atoms with Crippen LogP contribution >= 0.6 is 0 Å². The van der Waals surface area contributed by atoms with Gasteiger partial charge in [0.15, 0.2) is 0 Å². The van der Waals surface area contributed by atoms with E-state index in [1.807, 2.05) is 48.5 Å². The predicted octanol–water partition coefficient (Wildman–Crippen LogP) is 3.48. The molecule has 0 saturated heterocycles. The molecule has 1 amide bonds. The van der Waals surface area contributed by atoms with E-state index in [0.717, 1.165) is 29.7 Å². The van der Waals surface area contributed by atoms with Crippen LogP contribution in [0.25, 0.3) is 0 Å². The summed E-state index contributed by atoms with van der Waals surface area (Å²) >= 11 is 0. The zero-order valence-electron chi connectivity index (χ0n) is 12.5. The first-order chi connectivity index (χ1) is 10.6. The molecule has 22 heavy (non-hydrogen) atoms. The van der Waals surface area contributed by atoms with Crippen molar-refractivity contribution in [1.82, 2.24) is 0 Å².